The Hall–Kier alpha value is -2.47. The minimum absolute atomic E-state index is 0.0418. The second-order valence-electron chi connectivity index (χ2n) is 7.44. The van der Waals surface area contributed by atoms with Gasteiger partial charge in [-0.15, -0.1) is 18.3 Å². The number of hydrogen-bond donors (Lipinski definition) is 0. The highest BCUT2D eigenvalue weighted by Gasteiger charge is 2.22. The highest BCUT2D eigenvalue weighted by atomic mass is 32.2. The maximum absolute atomic E-state index is 13.1. The van der Waals surface area contributed by atoms with Gasteiger partial charge < -0.3 is 14.4 Å². The van der Waals surface area contributed by atoms with E-state index in [1.165, 1.54) is 11.8 Å². The van der Waals surface area contributed by atoms with Crippen LogP contribution in [0.15, 0.2) is 66.2 Å². The fraction of sp³-hybridized carbons (Fsp3) is 0.391. The van der Waals surface area contributed by atoms with Crippen LogP contribution in [0.2, 0.25) is 0 Å². The summed E-state index contributed by atoms with van der Waals surface area (Å²) >= 11 is 1.48. The van der Waals surface area contributed by atoms with Crippen molar-refractivity contribution >= 4 is 23.6 Å². The van der Waals surface area contributed by atoms with Gasteiger partial charge in [0, 0.05) is 36.9 Å². The molecule has 0 aliphatic rings. The molecule has 0 unspecified atom stereocenters. The standard InChI is InChI=1S/C23H31N3O2S/c1-5-13-25(23(28)18-29-21-11-7-6-8-12-21)17-22(27)26(15-19(2)3)16-20-10-9-14-24(20)4/h5-12,14,19H,1,13,15-18H2,2-4H3. The number of nitrogens with zero attached hydrogens (tertiary/aromatic N) is 3. The number of rotatable bonds is 11. The number of thioether (sulfide) groups is 1. The average Bonchev–Trinajstić information content (AvgIpc) is 3.10. The topological polar surface area (TPSA) is 45.6 Å². The lowest BCUT2D eigenvalue weighted by molar-refractivity contribution is -0.139. The van der Waals surface area contributed by atoms with Crippen molar-refractivity contribution < 1.29 is 9.59 Å². The zero-order valence-electron chi connectivity index (χ0n) is 17.6. The lowest BCUT2D eigenvalue weighted by Gasteiger charge is -2.28. The Kier molecular flexibility index (Phi) is 9.06. The third-order valence-electron chi connectivity index (χ3n) is 4.48. The molecule has 0 fully saturated rings. The maximum atomic E-state index is 13.1. The van der Waals surface area contributed by atoms with Crippen molar-refractivity contribution in [3.63, 3.8) is 0 Å². The molecule has 0 aliphatic heterocycles. The van der Waals surface area contributed by atoms with E-state index >= 15 is 0 Å². The van der Waals surface area contributed by atoms with Gasteiger partial charge in [-0.1, -0.05) is 38.1 Å². The second kappa shape index (κ2) is 11.5. The molecule has 2 rings (SSSR count). The maximum Gasteiger partial charge on any atom is 0.242 e. The van der Waals surface area contributed by atoms with Gasteiger partial charge in [0.2, 0.25) is 11.8 Å². The van der Waals surface area contributed by atoms with E-state index in [0.717, 1.165) is 10.6 Å². The van der Waals surface area contributed by atoms with Crippen molar-refractivity contribution in [1.82, 2.24) is 14.4 Å². The predicted molar refractivity (Wildman–Crippen MR) is 120 cm³/mol. The molecule has 0 radical (unpaired) electrons. The van der Waals surface area contributed by atoms with E-state index in [-0.39, 0.29) is 18.4 Å². The van der Waals surface area contributed by atoms with Gasteiger partial charge in [-0.3, -0.25) is 9.59 Å². The first-order chi connectivity index (χ1) is 13.9. The first-order valence-electron chi connectivity index (χ1n) is 9.85. The monoisotopic (exact) mass is 413 g/mol. The van der Waals surface area contributed by atoms with Crippen LogP contribution >= 0.6 is 11.8 Å². The largest absolute Gasteiger partial charge is 0.353 e. The molecule has 0 saturated heterocycles. The Labute approximate surface area is 178 Å². The molecule has 2 amide bonds. The first kappa shape index (κ1) is 22.8. The molecular formula is C23H31N3O2S. The lowest BCUT2D eigenvalue weighted by atomic mass is 10.2. The van der Waals surface area contributed by atoms with Crippen LogP contribution in [-0.2, 0) is 23.2 Å². The normalized spacial score (nSPS) is 10.8. The van der Waals surface area contributed by atoms with E-state index in [1.807, 2.05) is 65.2 Å². The van der Waals surface area contributed by atoms with E-state index in [9.17, 15) is 9.59 Å². The Morgan fingerprint density at radius 3 is 2.41 bits per heavy atom. The van der Waals surface area contributed by atoms with Gasteiger partial charge >= 0.3 is 0 Å². The molecular weight excluding hydrogens is 382 g/mol. The smallest absolute Gasteiger partial charge is 0.242 e. The van der Waals surface area contributed by atoms with Crippen LogP contribution in [-0.4, -0.2) is 51.6 Å². The minimum Gasteiger partial charge on any atom is -0.353 e. The van der Waals surface area contributed by atoms with Crippen molar-refractivity contribution in [2.75, 3.05) is 25.4 Å². The third kappa shape index (κ3) is 7.46. The average molecular weight is 414 g/mol. The molecule has 0 N–H and O–H groups in total. The van der Waals surface area contributed by atoms with E-state index in [1.54, 1.807) is 11.0 Å². The zero-order valence-corrected chi connectivity index (χ0v) is 18.4. The second-order valence-corrected chi connectivity index (χ2v) is 8.49. The van der Waals surface area contributed by atoms with Gasteiger partial charge in [-0.2, -0.15) is 0 Å². The molecule has 0 saturated carbocycles. The molecule has 0 atom stereocenters. The van der Waals surface area contributed by atoms with E-state index < -0.39 is 0 Å². The molecule has 0 aliphatic carbocycles. The quantitative estimate of drug-likeness (QED) is 0.416. The van der Waals surface area contributed by atoms with Crippen LogP contribution in [0.4, 0.5) is 0 Å². The fourth-order valence-electron chi connectivity index (χ4n) is 2.98. The lowest BCUT2D eigenvalue weighted by Crippen LogP contribution is -2.44. The summed E-state index contributed by atoms with van der Waals surface area (Å²) in [5, 5.41) is 0. The summed E-state index contributed by atoms with van der Waals surface area (Å²) in [7, 11) is 1.97. The van der Waals surface area contributed by atoms with Crippen LogP contribution < -0.4 is 0 Å². The van der Waals surface area contributed by atoms with Gasteiger partial charge in [-0.25, -0.2) is 0 Å². The van der Waals surface area contributed by atoms with Crippen LogP contribution in [0.3, 0.4) is 0 Å². The fourth-order valence-corrected chi connectivity index (χ4v) is 3.80. The molecule has 6 heteroatoms. The summed E-state index contributed by atoms with van der Waals surface area (Å²) in [4.78, 5) is 30.3. The van der Waals surface area contributed by atoms with Crippen molar-refractivity contribution in [2.24, 2.45) is 13.0 Å². The molecule has 0 bridgehead atoms. The Balaban J connectivity index is 2.02. The first-order valence-corrected chi connectivity index (χ1v) is 10.8. The highest BCUT2D eigenvalue weighted by Crippen LogP contribution is 2.17. The van der Waals surface area contributed by atoms with Gasteiger partial charge in [-0.05, 0) is 30.2 Å². The number of aromatic nitrogens is 1. The Morgan fingerprint density at radius 1 is 1.10 bits per heavy atom. The number of benzene rings is 1. The summed E-state index contributed by atoms with van der Waals surface area (Å²) in [6.07, 6.45) is 3.64. The van der Waals surface area contributed by atoms with Gasteiger partial charge in [0.05, 0.1) is 12.3 Å². The summed E-state index contributed by atoms with van der Waals surface area (Å²) < 4.78 is 2.02. The van der Waals surface area contributed by atoms with Crippen molar-refractivity contribution in [3.05, 3.63) is 67.0 Å². The van der Waals surface area contributed by atoms with Crippen molar-refractivity contribution in [1.29, 1.82) is 0 Å². The molecule has 2 aromatic rings. The zero-order chi connectivity index (χ0) is 21.2. The molecule has 5 nitrogen and oxygen atoms in total. The summed E-state index contributed by atoms with van der Waals surface area (Å²) in [5.41, 5.74) is 1.07. The summed E-state index contributed by atoms with van der Waals surface area (Å²) in [6, 6.07) is 13.8. The number of carbonyl (C=O) groups is 2. The van der Waals surface area contributed by atoms with Crippen LogP contribution in [0.25, 0.3) is 0 Å². The highest BCUT2D eigenvalue weighted by molar-refractivity contribution is 8.00. The number of carbonyl (C=O) groups excluding carboxylic acids is 2. The van der Waals surface area contributed by atoms with E-state index in [4.69, 9.17) is 0 Å². The summed E-state index contributed by atoms with van der Waals surface area (Å²) in [6.45, 7) is 9.54. The third-order valence-corrected chi connectivity index (χ3v) is 5.47. The molecule has 1 aromatic heterocycles. The van der Waals surface area contributed by atoms with Crippen LogP contribution in [0.1, 0.15) is 19.5 Å². The van der Waals surface area contributed by atoms with Crippen molar-refractivity contribution in [3.8, 4) is 0 Å². The molecule has 1 heterocycles. The van der Waals surface area contributed by atoms with Crippen LogP contribution in [0.5, 0.6) is 0 Å². The van der Waals surface area contributed by atoms with Gasteiger partial charge in [0.1, 0.15) is 6.54 Å². The Bertz CT molecular complexity index is 801. The number of aryl methyl sites for hydroxylation is 1. The van der Waals surface area contributed by atoms with E-state index in [0.29, 0.717) is 31.3 Å². The number of amides is 2. The van der Waals surface area contributed by atoms with Gasteiger partial charge in [0.25, 0.3) is 0 Å². The predicted octanol–water partition coefficient (Wildman–Crippen LogP) is 3.82. The molecule has 29 heavy (non-hydrogen) atoms. The SMILES string of the molecule is C=CCN(CC(=O)N(Cc1cccn1C)CC(C)C)C(=O)CSc1ccccc1. The van der Waals surface area contributed by atoms with Gasteiger partial charge in [0.15, 0.2) is 0 Å². The molecule has 0 spiro atoms. The summed E-state index contributed by atoms with van der Waals surface area (Å²) in [5.74, 6) is 0.541. The number of hydrogen-bond acceptors (Lipinski definition) is 3. The molecule has 1 aromatic carbocycles. The van der Waals surface area contributed by atoms with Crippen LogP contribution in [0, 0.1) is 5.92 Å². The van der Waals surface area contributed by atoms with Crippen molar-refractivity contribution in [2.45, 2.75) is 25.3 Å². The Morgan fingerprint density at radius 2 is 1.83 bits per heavy atom. The molecule has 156 valence electrons. The minimum atomic E-state index is -0.0598. The van der Waals surface area contributed by atoms with E-state index in [2.05, 4.69) is 20.4 Å².